The number of aromatic nitrogens is 2. The molecule has 176 valence electrons. The molecule has 0 spiro atoms. The Morgan fingerprint density at radius 3 is 2.41 bits per heavy atom. The second kappa shape index (κ2) is 9.43. The van der Waals surface area contributed by atoms with E-state index >= 15 is 0 Å². The Morgan fingerprint density at radius 2 is 1.72 bits per heavy atom. The fourth-order valence-electron chi connectivity index (χ4n) is 6.11. The molecule has 0 bridgehead atoms. The number of nitrogens with zero attached hydrogens (tertiary/aromatic N) is 3. The Balaban J connectivity index is 1.20. The molecule has 2 atom stereocenters. The smallest absolute Gasteiger partial charge is 0.261 e. The van der Waals surface area contributed by atoms with Crippen LogP contribution >= 0.6 is 11.3 Å². The molecule has 0 radical (unpaired) electrons. The largest absolute Gasteiger partial charge is 0.373 e. The molecule has 2 aromatic heterocycles. The van der Waals surface area contributed by atoms with Crippen LogP contribution in [0.4, 0.5) is 0 Å². The fourth-order valence-corrected chi connectivity index (χ4v) is 7.25. The third kappa shape index (κ3) is 4.62. The molecule has 7 heteroatoms. The average molecular weight is 459 g/mol. The molecule has 5 rings (SSSR count). The van der Waals surface area contributed by atoms with Gasteiger partial charge in [0.1, 0.15) is 4.83 Å². The van der Waals surface area contributed by atoms with Gasteiger partial charge in [-0.3, -0.25) is 14.4 Å². The van der Waals surface area contributed by atoms with Crippen LogP contribution < -0.4 is 5.32 Å². The van der Waals surface area contributed by atoms with Crippen LogP contribution in [0, 0.1) is 6.92 Å². The maximum atomic E-state index is 13.1. The normalized spacial score (nSPS) is 30.6. The summed E-state index contributed by atoms with van der Waals surface area (Å²) in [5.74, 6) is 0.0952. The lowest BCUT2D eigenvalue weighted by Gasteiger charge is -2.42. The summed E-state index contributed by atoms with van der Waals surface area (Å²) in [7, 11) is 0. The zero-order valence-electron chi connectivity index (χ0n) is 19.8. The molecule has 6 nitrogen and oxygen atoms in total. The number of amides is 1. The summed E-state index contributed by atoms with van der Waals surface area (Å²) in [6.45, 7) is 8.49. The highest BCUT2D eigenvalue weighted by molar-refractivity contribution is 7.20. The first kappa shape index (κ1) is 22.4. The number of fused-ring (bicyclic) bond motifs is 1. The van der Waals surface area contributed by atoms with Gasteiger partial charge in [0.15, 0.2) is 0 Å². The lowest BCUT2D eigenvalue weighted by Crippen LogP contribution is -2.52. The zero-order valence-corrected chi connectivity index (χ0v) is 20.6. The molecule has 1 N–H and O–H groups in total. The van der Waals surface area contributed by atoms with E-state index in [1.807, 2.05) is 0 Å². The molecule has 1 amide bonds. The van der Waals surface area contributed by atoms with Crippen LogP contribution in [-0.4, -0.2) is 58.0 Å². The van der Waals surface area contributed by atoms with Gasteiger partial charge in [0.25, 0.3) is 5.91 Å². The predicted molar refractivity (Wildman–Crippen MR) is 130 cm³/mol. The number of morpholine rings is 1. The quantitative estimate of drug-likeness (QED) is 0.696. The monoisotopic (exact) mass is 458 g/mol. The van der Waals surface area contributed by atoms with Crippen molar-refractivity contribution in [3.63, 3.8) is 0 Å². The highest BCUT2D eigenvalue weighted by Crippen LogP contribution is 2.35. The highest BCUT2D eigenvalue weighted by atomic mass is 32.1. The summed E-state index contributed by atoms with van der Waals surface area (Å²) < 4.78 is 8.12. The van der Waals surface area contributed by atoms with Crippen molar-refractivity contribution in [1.82, 2.24) is 20.0 Å². The molecule has 0 aromatic carbocycles. The number of carbonyl (C=O) groups excluding carboxylic acids is 1. The highest BCUT2D eigenvalue weighted by Gasteiger charge is 2.32. The summed E-state index contributed by atoms with van der Waals surface area (Å²) >= 11 is 1.63. The fraction of sp³-hybridized carbons (Fsp3) is 0.760. The van der Waals surface area contributed by atoms with Gasteiger partial charge in [0, 0.05) is 30.6 Å². The van der Waals surface area contributed by atoms with E-state index in [0.29, 0.717) is 24.3 Å². The first-order valence-corrected chi connectivity index (χ1v) is 13.5. The van der Waals surface area contributed by atoms with Gasteiger partial charge < -0.3 is 10.1 Å². The topological polar surface area (TPSA) is 59.4 Å². The van der Waals surface area contributed by atoms with Crippen molar-refractivity contribution in [3.8, 4) is 0 Å². The van der Waals surface area contributed by atoms with Crippen molar-refractivity contribution < 1.29 is 9.53 Å². The maximum Gasteiger partial charge on any atom is 0.261 e. The van der Waals surface area contributed by atoms with Crippen LogP contribution in [-0.2, 0) is 4.74 Å². The van der Waals surface area contributed by atoms with E-state index in [9.17, 15) is 4.79 Å². The second-order valence-corrected chi connectivity index (χ2v) is 11.4. The first-order valence-electron chi connectivity index (χ1n) is 12.7. The lowest BCUT2D eigenvalue weighted by molar-refractivity contribution is -0.0845. The molecule has 2 aliphatic carbocycles. The van der Waals surface area contributed by atoms with Gasteiger partial charge in [-0.05, 0) is 65.4 Å². The number of rotatable bonds is 4. The third-order valence-electron chi connectivity index (χ3n) is 7.71. The maximum absolute atomic E-state index is 13.1. The molecular formula is C25H38N4O2S. The molecular weight excluding hydrogens is 420 g/mol. The van der Waals surface area contributed by atoms with Crippen molar-refractivity contribution >= 4 is 27.5 Å². The Kier molecular flexibility index (Phi) is 6.59. The SMILES string of the molecule is Cc1nn(C2CCCCC2)c2sc(C(=O)N[C@H]3CC[C@H](N4C[C@@H](C)O[C@@H](C)C4)CC3)cc12. The molecule has 0 unspecified atom stereocenters. The standard InChI is InChI=1S/C25H38N4O2S/c1-16-14-28(15-17(2)31-16)20-11-9-19(10-12-20)26-24(30)23-13-22-18(3)27-29(25(22)32-23)21-7-5-4-6-8-21/h13,16-17,19-21H,4-12,14-15H2,1-3H3,(H,26,30)/t16-,17+,19-,20-. The van der Waals surface area contributed by atoms with Crippen molar-refractivity contribution in [3.05, 3.63) is 16.6 Å². The molecule has 3 fully saturated rings. The number of ether oxygens (including phenoxy) is 1. The number of nitrogens with one attached hydrogen (secondary N) is 1. The average Bonchev–Trinajstić information content (AvgIpc) is 3.35. The molecule has 1 saturated heterocycles. The van der Waals surface area contributed by atoms with E-state index in [-0.39, 0.29) is 11.9 Å². The summed E-state index contributed by atoms with van der Waals surface area (Å²) in [6.07, 6.45) is 11.4. The van der Waals surface area contributed by atoms with Crippen LogP contribution in [0.1, 0.15) is 93.0 Å². The van der Waals surface area contributed by atoms with E-state index in [0.717, 1.165) is 54.7 Å². The van der Waals surface area contributed by atoms with Gasteiger partial charge in [0.2, 0.25) is 0 Å². The molecule has 2 saturated carbocycles. The van der Waals surface area contributed by atoms with Gasteiger partial charge in [-0.15, -0.1) is 11.3 Å². The molecule has 3 heterocycles. The van der Waals surface area contributed by atoms with Crippen molar-refractivity contribution in [2.24, 2.45) is 0 Å². The van der Waals surface area contributed by atoms with Crippen LogP contribution in [0.25, 0.3) is 10.2 Å². The van der Waals surface area contributed by atoms with Crippen LogP contribution in [0.2, 0.25) is 0 Å². The number of aryl methyl sites for hydroxylation is 1. The van der Waals surface area contributed by atoms with E-state index in [1.165, 1.54) is 36.9 Å². The van der Waals surface area contributed by atoms with Crippen LogP contribution in [0.15, 0.2) is 6.07 Å². The molecule has 2 aromatic rings. The molecule has 3 aliphatic rings. The Bertz CT molecular complexity index is 929. The second-order valence-electron chi connectivity index (χ2n) is 10.3. The minimum Gasteiger partial charge on any atom is -0.373 e. The van der Waals surface area contributed by atoms with Gasteiger partial charge in [-0.25, -0.2) is 0 Å². The van der Waals surface area contributed by atoms with Gasteiger partial charge in [0.05, 0.1) is 28.8 Å². The lowest BCUT2D eigenvalue weighted by atomic mass is 9.89. The summed E-state index contributed by atoms with van der Waals surface area (Å²) in [5, 5.41) is 9.34. The van der Waals surface area contributed by atoms with Gasteiger partial charge >= 0.3 is 0 Å². The minimum atomic E-state index is 0.0952. The van der Waals surface area contributed by atoms with Crippen molar-refractivity contribution in [2.45, 2.75) is 109 Å². The number of hydrogen-bond acceptors (Lipinski definition) is 5. The predicted octanol–water partition coefficient (Wildman–Crippen LogP) is 5.06. The van der Waals surface area contributed by atoms with Crippen LogP contribution in [0.5, 0.6) is 0 Å². The van der Waals surface area contributed by atoms with E-state index in [2.05, 4.69) is 41.7 Å². The Morgan fingerprint density at radius 1 is 1.03 bits per heavy atom. The number of thiophene rings is 1. The zero-order chi connectivity index (χ0) is 22.2. The first-order chi connectivity index (χ1) is 15.5. The number of hydrogen-bond donors (Lipinski definition) is 1. The molecule has 32 heavy (non-hydrogen) atoms. The van der Waals surface area contributed by atoms with E-state index in [1.54, 1.807) is 11.3 Å². The summed E-state index contributed by atoms with van der Waals surface area (Å²) in [4.78, 5) is 17.7. The van der Waals surface area contributed by atoms with Crippen molar-refractivity contribution in [1.29, 1.82) is 0 Å². The van der Waals surface area contributed by atoms with E-state index in [4.69, 9.17) is 9.84 Å². The van der Waals surface area contributed by atoms with Gasteiger partial charge in [-0.2, -0.15) is 5.10 Å². The van der Waals surface area contributed by atoms with Crippen LogP contribution in [0.3, 0.4) is 0 Å². The van der Waals surface area contributed by atoms with Crippen molar-refractivity contribution in [2.75, 3.05) is 13.1 Å². The van der Waals surface area contributed by atoms with Gasteiger partial charge in [-0.1, -0.05) is 19.3 Å². The summed E-state index contributed by atoms with van der Waals surface area (Å²) in [5.41, 5.74) is 1.05. The third-order valence-corrected chi connectivity index (χ3v) is 8.83. The Hall–Kier alpha value is -1.44. The summed E-state index contributed by atoms with van der Waals surface area (Å²) in [6, 6.07) is 3.48. The number of carbonyl (C=O) groups is 1. The van der Waals surface area contributed by atoms with E-state index < -0.39 is 0 Å². The Labute approximate surface area is 195 Å². The molecule has 1 aliphatic heterocycles. The minimum absolute atomic E-state index is 0.0952.